The van der Waals surface area contributed by atoms with Crippen molar-refractivity contribution in [2.45, 2.75) is 24.3 Å². The highest BCUT2D eigenvalue weighted by Gasteiger charge is 2.26. The van der Waals surface area contributed by atoms with Crippen LogP contribution in [-0.4, -0.2) is 55.7 Å². The zero-order chi connectivity index (χ0) is 19.4. The van der Waals surface area contributed by atoms with Gasteiger partial charge in [-0.3, -0.25) is 9.78 Å². The number of amides is 1. The van der Waals surface area contributed by atoms with Gasteiger partial charge in [0, 0.05) is 44.1 Å². The molecule has 2 aromatic rings. The van der Waals surface area contributed by atoms with Crippen LogP contribution in [0.15, 0.2) is 47.6 Å². The monoisotopic (exact) mass is 388 g/mol. The number of aryl methyl sites for hydroxylation is 1. The third-order valence-corrected chi connectivity index (χ3v) is 6.33. The SMILES string of the molecule is CN(C)CCN(Cc1cccnc1)S(=O)(=O)c1ccc2c(c1)CCC(=O)N2. The second kappa shape index (κ2) is 8.16. The summed E-state index contributed by atoms with van der Waals surface area (Å²) < 4.78 is 28.1. The molecule has 0 radical (unpaired) electrons. The molecule has 0 atom stereocenters. The number of sulfonamides is 1. The number of carbonyl (C=O) groups excluding carboxylic acids is 1. The van der Waals surface area contributed by atoms with Gasteiger partial charge in [0.25, 0.3) is 0 Å². The van der Waals surface area contributed by atoms with Crippen molar-refractivity contribution in [3.05, 3.63) is 53.9 Å². The van der Waals surface area contributed by atoms with Gasteiger partial charge in [0.2, 0.25) is 15.9 Å². The molecule has 7 nitrogen and oxygen atoms in total. The van der Waals surface area contributed by atoms with Gasteiger partial charge >= 0.3 is 0 Å². The van der Waals surface area contributed by atoms with Crippen LogP contribution < -0.4 is 5.32 Å². The lowest BCUT2D eigenvalue weighted by Crippen LogP contribution is -2.36. The molecule has 0 saturated carbocycles. The highest BCUT2D eigenvalue weighted by molar-refractivity contribution is 7.89. The smallest absolute Gasteiger partial charge is 0.243 e. The number of likely N-dealkylation sites (N-methyl/N-ethyl adjacent to an activating group) is 1. The van der Waals surface area contributed by atoms with Crippen molar-refractivity contribution in [1.82, 2.24) is 14.2 Å². The first-order valence-electron chi connectivity index (χ1n) is 8.83. The molecule has 0 aliphatic carbocycles. The minimum Gasteiger partial charge on any atom is -0.326 e. The van der Waals surface area contributed by atoms with Crippen LogP contribution in [0, 0.1) is 0 Å². The van der Waals surface area contributed by atoms with Gasteiger partial charge in [-0.25, -0.2) is 8.42 Å². The molecule has 3 rings (SSSR count). The van der Waals surface area contributed by atoms with E-state index in [4.69, 9.17) is 0 Å². The molecule has 1 amide bonds. The van der Waals surface area contributed by atoms with Crippen molar-refractivity contribution in [2.75, 3.05) is 32.5 Å². The normalized spacial score (nSPS) is 14.3. The second-order valence-corrected chi connectivity index (χ2v) is 8.81. The molecule has 0 unspecified atom stereocenters. The Morgan fingerprint density at radius 3 is 2.67 bits per heavy atom. The average molecular weight is 388 g/mol. The number of anilines is 1. The summed E-state index contributed by atoms with van der Waals surface area (Å²) in [4.78, 5) is 17.8. The van der Waals surface area contributed by atoms with Gasteiger partial charge in [-0.2, -0.15) is 4.31 Å². The van der Waals surface area contributed by atoms with Crippen molar-refractivity contribution in [1.29, 1.82) is 0 Å². The predicted octanol–water partition coefficient (Wildman–Crippen LogP) is 1.72. The number of hydrogen-bond acceptors (Lipinski definition) is 5. The number of pyridine rings is 1. The average Bonchev–Trinajstić information content (AvgIpc) is 2.65. The fourth-order valence-corrected chi connectivity index (χ4v) is 4.43. The number of fused-ring (bicyclic) bond motifs is 1. The third-order valence-electron chi connectivity index (χ3n) is 4.49. The van der Waals surface area contributed by atoms with E-state index < -0.39 is 10.0 Å². The van der Waals surface area contributed by atoms with E-state index in [2.05, 4.69) is 10.3 Å². The highest BCUT2D eigenvalue weighted by atomic mass is 32.2. The predicted molar refractivity (Wildman–Crippen MR) is 104 cm³/mol. The Bertz CT molecular complexity index is 914. The van der Waals surface area contributed by atoms with Crippen molar-refractivity contribution >= 4 is 21.6 Å². The number of benzene rings is 1. The van der Waals surface area contributed by atoms with E-state index in [1.807, 2.05) is 25.1 Å². The molecular formula is C19H24N4O3S. The van der Waals surface area contributed by atoms with E-state index in [0.717, 1.165) is 11.1 Å². The Balaban J connectivity index is 1.90. The van der Waals surface area contributed by atoms with E-state index in [0.29, 0.717) is 31.6 Å². The van der Waals surface area contributed by atoms with Gasteiger partial charge < -0.3 is 10.2 Å². The molecule has 1 aromatic heterocycles. The summed E-state index contributed by atoms with van der Waals surface area (Å²) >= 11 is 0. The lowest BCUT2D eigenvalue weighted by atomic mass is 10.0. The van der Waals surface area contributed by atoms with Gasteiger partial charge in [-0.15, -0.1) is 0 Å². The maximum Gasteiger partial charge on any atom is 0.243 e. The van der Waals surface area contributed by atoms with Crippen LogP contribution in [0.4, 0.5) is 5.69 Å². The first-order valence-corrected chi connectivity index (χ1v) is 10.3. The van der Waals surface area contributed by atoms with E-state index in [9.17, 15) is 13.2 Å². The zero-order valence-corrected chi connectivity index (χ0v) is 16.4. The lowest BCUT2D eigenvalue weighted by Gasteiger charge is -2.25. The fraction of sp³-hybridized carbons (Fsp3) is 0.368. The summed E-state index contributed by atoms with van der Waals surface area (Å²) in [5.41, 5.74) is 2.38. The summed E-state index contributed by atoms with van der Waals surface area (Å²) in [7, 11) is 0.151. The maximum absolute atomic E-state index is 13.3. The van der Waals surface area contributed by atoms with Crippen LogP contribution in [-0.2, 0) is 27.8 Å². The van der Waals surface area contributed by atoms with E-state index >= 15 is 0 Å². The van der Waals surface area contributed by atoms with Crippen LogP contribution >= 0.6 is 0 Å². The molecule has 1 aliphatic rings. The van der Waals surface area contributed by atoms with Crippen LogP contribution in [0.5, 0.6) is 0 Å². The highest BCUT2D eigenvalue weighted by Crippen LogP contribution is 2.27. The molecule has 27 heavy (non-hydrogen) atoms. The quantitative estimate of drug-likeness (QED) is 0.781. The van der Waals surface area contributed by atoms with Crippen LogP contribution in [0.2, 0.25) is 0 Å². The van der Waals surface area contributed by atoms with Crippen molar-refractivity contribution < 1.29 is 13.2 Å². The number of aromatic nitrogens is 1. The molecule has 8 heteroatoms. The Morgan fingerprint density at radius 2 is 1.96 bits per heavy atom. The van der Waals surface area contributed by atoms with Crippen molar-refractivity contribution in [3.8, 4) is 0 Å². The topological polar surface area (TPSA) is 82.6 Å². The number of hydrogen-bond donors (Lipinski definition) is 1. The van der Waals surface area contributed by atoms with Gasteiger partial charge in [0.05, 0.1) is 4.90 Å². The standard InChI is InChI=1S/C19H24N4O3S/c1-22(2)10-11-23(14-15-4-3-9-20-13-15)27(25,26)17-6-7-18-16(12-17)5-8-19(24)21-18/h3-4,6-7,9,12-13H,5,8,10-11,14H2,1-2H3,(H,21,24). The van der Waals surface area contributed by atoms with Crippen LogP contribution in [0.3, 0.4) is 0 Å². The summed E-state index contributed by atoms with van der Waals surface area (Å²) in [5.74, 6) is -0.0395. The van der Waals surface area contributed by atoms with Crippen molar-refractivity contribution in [3.63, 3.8) is 0 Å². The number of nitrogens with zero attached hydrogens (tertiary/aromatic N) is 3. The molecular weight excluding hydrogens is 364 g/mol. The maximum atomic E-state index is 13.3. The molecule has 0 spiro atoms. The Labute approximate surface area is 160 Å². The Morgan fingerprint density at radius 1 is 1.15 bits per heavy atom. The summed E-state index contributed by atoms with van der Waals surface area (Å²) in [5, 5.41) is 2.79. The molecule has 1 N–H and O–H groups in total. The summed E-state index contributed by atoms with van der Waals surface area (Å²) in [6.45, 7) is 1.25. The molecule has 144 valence electrons. The first kappa shape index (κ1) is 19.5. The summed E-state index contributed by atoms with van der Waals surface area (Å²) in [6.07, 6.45) is 4.27. The Kier molecular flexibility index (Phi) is 5.88. The largest absolute Gasteiger partial charge is 0.326 e. The number of rotatable bonds is 7. The van der Waals surface area contributed by atoms with Gasteiger partial charge in [0.15, 0.2) is 0 Å². The first-order chi connectivity index (χ1) is 12.9. The molecule has 0 saturated heterocycles. The molecule has 0 bridgehead atoms. The molecule has 1 aliphatic heterocycles. The molecule has 0 fully saturated rings. The minimum atomic E-state index is -3.68. The molecule has 2 heterocycles. The fourth-order valence-electron chi connectivity index (χ4n) is 2.96. The van der Waals surface area contributed by atoms with Crippen molar-refractivity contribution in [2.24, 2.45) is 0 Å². The van der Waals surface area contributed by atoms with E-state index in [1.165, 1.54) is 4.31 Å². The zero-order valence-electron chi connectivity index (χ0n) is 15.6. The molecule has 1 aromatic carbocycles. The number of nitrogens with one attached hydrogen (secondary N) is 1. The van der Waals surface area contributed by atoms with Gasteiger partial charge in [0.1, 0.15) is 0 Å². The number of carbonyl (C=O) groups is 1. The van der Waals surface area contributed by atoms with Crippen LogP contribution in [0.1, 0.15) is 17.5 Å². The third kappa shape index (κ3) is 4.71. The Hall–Kier alpha value is -2.29. The summed E-state index contributed by atoms with van der Waals surface area (Å²) in [6, 6.07) is 8.58. The van der Waals surface area contributed by atoms with Gasteiger partial charge in [-0.05, 0) is 55.9 Å². The van der Waals surface area contributed by atoms with E-state index in [1.54, 1.807) is 36.7 Å². The van der Waals surface area contributed by atoms with Crippen LogP contribution in [0.25, 0.3) is 0 Å². The van der Waals surface area contributed by atoms with E-state index in [-0.39, 0.29) is 17.3 Å². The minimum absolute atomic E-state index is 0.0395. The van der Waals surface area contributed by atoms with Gasteiger partial charge in [-0.1, -0.05) is 6.07 Å². The second-order valence-electron chi connectivity index (χ2n) is 6.87. The lowest BCUT2D eigenvalue weighted by molar-refractivity contribution is -0.116.